The van der Waals surface area contributed by atoms with Crippen molar-refractivity contribution >= 4 is 18.2 Å². The normalized spacial score (nSPS) is 10.6. The number of rotatable bonds is 4. The Bertz CT molecular complexity index is 851. The molecule has 0 radical (unpaired) electrons. The lowest BCUT2D eigenvalue weighted by molar-refractivity contribution is 0.414. The third kappa shape index (κ3) is 3.63. The highest BCUT2D eigenvalue weighted by molar-refractivity contribution is 6.69. The maximum Gasteiger partial charge on any atom is 0.193 e. The molecule has 3 aromatic rings. The van der Waals surface area contributed by atoms with Gasteiger partial charge in [-0.05, 0) is 51.0 Å². The van der Waals surface area contributed by atoms with Gasteiger partial charge in [0.05, 0.1) is 7.11 Å². The second kappa shape index (κ2) is 7.19. The summed E-state index contributed by atoms with van der Waals surface area (Å²) in [6.07, 6.45) is 0. The van der Waals surface area contributed by atoms with Gasteiger partial charge < -0.3 is 4.74 Å². The molecule has 0 bridgehead atoms. The molecule has 2 heteroatoms. The zero-order valence-electron chi connectivity index (χ0n) is 15.8. The van der Waals surface area contributed by atoms with Gasteiger partial charge in [0.2, 0.25) is 0 Å². The van der Waals surface area contributed by atoms with Crippen LogP contribution in [0, 0.1) is 27.7 Å². The van der Waals surface area contributed by atoms with Crippen LogP contribution in [-0.4, -0.2) is 14.4 Å². The second-order valence-corrected chi connectivity index (χ2v) is 6.87. The highest BCUT2D eigenvalue weighted by Crippen LogP contribution is 2.21. The maximum absolute atomic E-state index is 5.39. The van der Waals surface area contributed by atoms with Crippen molar-refractivity contribution in [2.45, 2.75) is 27.7 Å². The quantitative estimate of drug-likeness (QED) is 0.658. The highest BCUT2D eigenvalue weighted by Gasteiger charge is 2.13. The molecule has 25 heavy (non-hydrogen) atoms. The van der Waals surface area contributed by atoms with Crippen LogP contribution in [0.15, 0.2) is 54.6 Å². The molecule has 0 fully saturated rings. The van der Waals surface area contributed by atoms with Crippen LogP contribution in [-0.2, 0) is 0 Å². The summed E-state index contributed by atoms with van der Waals surface area (Å²) in [5, 5.41) is 0. The molecule has 0 aliphatic carbocycles. The third-order valence-electron chi connectivity index (χ3n) is 5.06. The fourth-order valence-corrected chi connectivity index (χ4v) is 3.60. The molecule has 3 rings (SSSR count). The predicted molar refractivity (Wildman–Crippen MR) is 110 cm³/mol. The zero-order valence-corrected chi connectivity index (χ0v) is 15.8. The van der Waals surface area contributed by atoms with Crippen LogP contribution < -0.4 is 15.7 Å². The Labute approximate surface area is 151 Å². The Morgan fingerprint density at radius 3 is 1.60 bits per heavy atom. The molecule has 0 heterocycles. The van der Waals surface area contributed by atoms with Crippen molar-refractivity contribution in [2.75, 3.05) is 7.11 Å². The van der Waals surface area contributed by atoms with Gasteiger partial charge in [-0.25, -0.2) is 0 Å². The minimum Gasteiger partial charge on any atom is -0.497 e. The SMILES string of the molecule is COc1cc(C)c(Bc2c(C)cc(-c3ccccc3)cc2C)c(C)c1. The summed E-state index contributed by atoms with van der Waals surface area (Å²) in [4.78, 5) is 0. The van der Waals surface area contributed by atoms with E-state index in [1.54, 1.807) is 7.11 Å². The summed E-state index contributed by atoms with van der Waals surface area (Å²) in [7, 11) is 2.69. The standard InChI is InChI=1S/C23H25BO/c1-15-11-20(19-9-7-6-8-10-19)12-16(2)22(15)24-23-17(3)13-21(25-5)14-18(23)4/h6-14,24H,1-5H3. The fourth-order valence-electron chi connectivity index (χ4n) is 3.60. The molecule has 1 nitrogen and oxygen atoms in total. The monoisotopic (exact) mass is 328 g/mol. The Morgan fingerprint density at radius 2 is 1.12 bits per heavy atom. The van der Waals surface area contributed by atoms with Gasteiger partial charge in [-0.3, -0.25) is 0 Å². The first-order valence-electron chi connectivity index (χ1n) is 8.79. The Kier molecular flexibility index (Phi) is 4.99. The summed E-state index contributed by atoms with van der Waals surface area (Å²) >= 11 is 0. The largest absolute Gasteiger partial charge is 0.497 e. The topological polar surface area (TPSA) is 9.23 Å². The lowest BCUT2D eigenvalue weighted by Gasteiger charge is -2.16. The van der Waals surface area contributed by atoms with Gasteiger partial charge in [0, 0.05) is 0 Å². The molecular formula is C23H25BO. The van der Waals surface area contributed by atoms with Gasteiger partial charge in [0.25, 0.3) is 0 Å². The number of hydrogen-bond donors (Lipinski definition) is 0. The van der Waals surface area contributed by atoms with Gasteiger partial charge in [-0.1, -0.05) is 75.6 Å². The molecule has 0 aliphatic rings. The van der Waals surface area contributed by atoms with Crippen molar-refractivity contribution in [3.63, 3.8) is 0 Å². The molecule has 0 aromatic heterocycles. The van der Waals surface area contributed by atoms with Crippen LogP contribution in [0.4, 0.5) is 0 Å². The molecule has 126 valence electrons. The minimum atomic E-state index is 0.937. The summed E-state index contributed by atoms with van der Waals surface area (Å²) < 4.78 is 5.39. The fraction of sp³-hybridized carbons (Fsp3) is 0.217. The van der Waals surface area contributed by atoms with E-state index in [0.717, 1.165) is 13.0 Å². The van der Waals surface area contributed by atoms with E-state index in [-0.39, 0.29) is 0 Å². The summed E-state index contributed by atoms with van der Waals surface area (Å²) in [5.41, 5.74) is 10.7. The molecule has 0 saturated heterocycles. The maximum atomic E-state index is 5.39. The highest BCUT2D eigenvalue weighted by atomic mass is 16.5. The average Bonchev–Trinajstić information content (AvgIpc) is 2.60. The molecule has 0 N–H and O–H groups in total. The van der Waals surface area contributed by atoms with Crippen LogP contribution in [0.1, 0.15) is 22.3 Å². The molecular weight excluding hydrogens is 303 g/mol. The first-order chi connectivity index (χ1) is 12.0. The van der Waals surface area contributed by atoms with Gasteiger partial charge in [-0.15, -0.1) is 0 Å². The molecule has 0 unspecified atom stereocenters. The smallest absolute Gasteiger partial charge is 0.193 e. The van der Waals surface area contributed by atoms with Crippen molar-refractivity contribution in [1.29, 1.82) is 0 Å². The Hall–Kier alpha value is -2.48. The number of benzene rings is 3. The van der Waals surface area contributed by atoms with Crippen molar-refractivity contribution < 1.29 is 4.74 Å². The predicted octanol–water partition coefficient (Wildman–Crippen LogP) is 3.98. The number of hydrogen-bond acceptors (Lipinski definition) is 1. The molecule has 0 saturated carbocycles. The molecule has 3 aromatic carbocycles. The minimum absolute atomic E-state index is 0.937. The van der Waals surface area contributed by atoms with Gasteiger partial charge in [0.15, 0.2) is 7.28 Å². The molecule has 0 spiro atoms. The van der Waals surface area contributed by atoms with Crippen molar-refractivity contribution in [2.24, 2.45) is 0 Å². The Balaban J connectivity index is 2.00. The Morgan fingerprint density at radius 1 is 0.640 bits per heavy atom. The summed E-state index contributed by atoms with van der Waals surface area (Å²) in [5.74, 6) is 0.937. The first kappa shape index (κ1) is 17.4. The second-order valence-electron chi connectivity index (χ2n) is 6.87. The summed E-state index contributed by atoms with van der Waals surface area (Å²) in [6.45, 7) is 8.80. The third-order valence-corrected chi connectivity index (χ3v) is 5.06. The van der Waals surface area contributed by atoms with Gasteiger partial charge in [0.1, 0.15) is 5.75 Å². The number of methoxy groups -OCH3 is 1. The zero-order chi connectivity index (χ0) is 18.0. The van der Waals surface area contributed by atoms with Crippen LogP contribution in [0.3, 0.4) is 0 Å². The lowest BCUT2D eigenvalue weighted by atomic mass is 9.58. The van der Waals surface area contributed by atoms with E-state index in [1.807, 2.05) is 0 Å². The van der Waals surface area contributed by atoms with E-state index in [9.17, 15) is 0 Å². The van der Waals surface area contributed by atoms with Gasteiger partial charge >= 0.3 is 0 Å². The van der Waals surface area contributed by atoms with Crippen LogP contribution in [0.2, 0.25) is 0 Å². The van der Waals surface area contributed by atoms with Crippen molar-refractivity contribution in [3.8, 4) is 16.9 Å². The van der Waals surface area contributed by atoms with Crippen molar-refractivity contribution in [3.05, 3.63) is 76.9 Å². The van der Waals surface area contributed by atoms with Crippen LogP contribution >= 0.6 is 0 Å². The van der Waals surface area contributed by atoms with Crippen molar-refractivity contribution in [1.82, 2.24) is 0 Å². The van der Waals surface area contributed by atoms with Gasteiger partial charge in [-0.2, -0.15) is 0 Å². The van der Waals surface area contributed by atoms with E-state index in [1.165, 1.54) is 44.3 Å². The van der Waals surface area contributed by atoms with E-state index < -0.39 is 0 Å². The molecule has 0 aliphatic heterocycles. The average molecular weight is 328 g/mol. The lowest BCUT2D eigenvalue weighted by Crippen LogP contribution is -2.34. The van der Waals surface area contributed by atoms with Crippen LogP contribution in [0.5, 0.6) is 5.75 Å². The van der Waals surface area contributed by atoms with E-state index in [4.69, 9.17) is 4.74 Å². The van der Waals surface area contributed by atoms with E-state index in [0.29, 0.717) is 0 Å². The summed E-state index contributed by atoms with van der Waals surface area (Å²) in [6, 6.07) is 19.5. The molecule has 0 atom stereocenters. The van der Waals surface area contributed by atoms with Crippen LogP contribution in [0.25, 0.3) is 11.1 Å². The van der Waals surface area contributed by atoms with E-state index in [2.05, 4.69) is 82.3 Å². The number of ether oxygens (including phenoxy) is 1. The molecule has 0 amide bonds. The first-order valence-corrected chi connectivity index (χ1v) is 8.79. The number of aryl methyl sites for hydroxylation is 4. The van der Waals surface area contributed by atoms with E-state index >= 15 is 0 Å².